The Morgan fingerprint density at radius 2 is 2.15 bits per heavy atom. The fourth-order valence-corrected chi connectivity index (χ4v) is 1.71. The molecule has 0 aliphatic carbocycles. The van der Waals surface area contributed by atoms with E-state index >= 15 is 0 Å². The lowest BCUT2D eigenvalue weighted by Gasteiger charge is -2.06. The number of aromatic nitrogens is 3. The Balaban J connectivity index is 2.65. The van der Waals surface area contributed by atoms with Crippen LogP contribution in [0.3, 0.4) is 0 Å². The Bertz CT molecular complexity index is 653. The maximum Gasteiger partial charge on any atom is 0.435 e. The van der Waals surface area contributed by atoms with Gasteiger partial charge in [-0.15, -0.1) is 0 Å². The summed E-state index contributed by atoms with van der Waals surface area (Å²) >= 11 is 5.87. The zero-order valence-corrected chi connectivity index (χ0v) is 10.8. The molecule has 2 heterocycles. The van der Waals surface area contributed by atoms with Gasteiger partial charge < -0.3 is 5.32 Å². The van der Waals surface area contributed by atoms with Crippen LogP contribution in [0.1, 0.15) is 16.2 Å². The molecular formula is C11H8ClF3N4O. The van der Waals surface area contributed by atoms with Gasteiger partial charge in [0.2, 0.25) is 0 Å². The molecule has 1 N–H and O–H groups in total. The minimum absolute atomic E-state index is 0.0525. The van der Waals surface area contributed by atoms with E-state index in [2.05, 4.69) is 15.4 Å². The molecule has 0 atom stereocenters. The largest absolute Gasteiger partial charge is 0.435 e. The maximum atomic E-state index is 12.7. The van der Waals surface area contributed by atoms with Crippen molar-refractivity contribution in [3.8, 4) is 5.82 Å². The molecule has 0 saturated carbocycles. The fourth-order valence-electron chi connectivity index (χ4n) is 1.50. The molecule has 0 bridgehead atoms. The summed E-state index contributed by atoms with van der Waals surface area (Å²) in [5.74, 6) is -0.780. The van der Waals surface area contributed by atoms with Crippen LogP contribution >= 0.6 is 11.6 Å². The Labute approximate surface area is 116 Å². The summed E-state index contributed by atoms with van der Waals surface area (Å²) in [5, 5.41) is 5.68. The summed E-state index contributed by atoms with van der Waals surface area (Å²) in [5.41, 5.74) is -1.50. The van der Waals surface area contributed by atoms with Crippen molar-refractivity contribution in [1.82, 2.24) is 20.1 Å². The van der Waals surface area contributed by atoms with Crippen molar-refractivity contribution in [2.75, 3.05) is 7.05 Å². The summed E-state index contributed by atoms with van der Waals surface area (Å²) < 4.78 is 38.9. The number of hydrogen-bond donors (Lipinski definition) is 1. The molecule has 0 aliphatic rings. The SMILES string of the molecule is CNC(=O)c1cc(C(F)(F)F)nn1-c1ncccc1Cl. The molecule has 1 amide bonds. The smallest absolute Gasteiger partial charge is 0.354 e. The van der Waals surface area contributed by atoms with Crippen molar-refractivity contribution in [1.29, 1.82) is 0 Å². The first kappa shape index (κ1) is 14.3. The van der Waals surface area contributed by atoms with E-state index in [1.165, 1.54) is 25.4 Å². The van der Waals surface area contributed by atoms with Gasteiger partial charge in [-0.25, -0.2) is 9.67 Å². The average Bonchev–Trinajstić information content (AvgIpc) is 2.83. The van der Waals surface area contributed by atoms with E-state index in [0.29, 0.717) is 6.07 Å². The molecule has 9 heteroatoms. The average molecular weight is 305 g/mol. The lowest BCUT2D eigenvalue weighted by molar-refractivity contribution is -0.141. The third-order valence-electron chi connectivity index (χ3n) is 2.40. The molecule has 0 saturated heterocycles. The number of nitrogens with zero attached hydrogens (tertiary/aromatic N) is 3. The van der Waals surface area contributed by atoms with E-state index in [1.807, 2.05) is 0 Å². The van der Waals surface area contributed by atoms with Gasteiger partial charge in [-0.1, -0.05) is 11.6 Å². The number of rotatable bonds is 2. The number of pyridine rings is 1. The Hall–Kier alpha value is -2.09. The van der Waals surface area contributed by atoms with Crippen LogP contribution in [0.2, 0.25) is 5.02 Å². The molecule has 2 aromatic heterocycles. The fraction of sp³-hybridized carbons (Fsp3) is 0.182. The third kappa shape index (κ3) is 2.60. The highest BCUT2D eigenvalue weighted by Crippen LogP contribution is 2.30. The highest BCUT2D eigenvalue weighted by atomic mass is 35.5. The molecule has 0 spiro atoms. The van der Waals surface area contributed by atoms with Crippen LogP contribution in [0.4, 0.5) is 13.2 Å². The van der Waals surface area contributed by atoms with Crippen molar-refractivity contribution >= 4 is 17.5 Å². The van der Waals surface area contributed by atoms with E-state index < -0.39 is 17.8 Å². The number of halogens is 4. The van der Waals surface area contributed by atoms with Gasteiger partial charge in [0.25, 0.3) is 5.91 Å². The lowest BCUT2D eigenvalue weighted by atomic mass is 10.3. The van der Waals surface area contributed by atoms with Crippen LogP contribution < -0.4 is 5.32 Å². The van der Waals surface area contributed by atoms with Crippen LogP contribution in [0.25, 0.3) is 5.82 Å². The van der Waals surface area contributed by atoms with E-state index in [0.717, 1.165) is 4.68 Å². The number of alkyl halides is 3. The first-order valence-corrected chi connectivity index (χ1v) is 5.72. The number of nitrogens with one attached hydrogen (secondary N) is 1. The number of amides is 1. The van der Waals surface area contributed by atoms with Gasteiger partial charge in [0.05, 0.1) is 5.02 Å². The summed E-state index contributed by atoms with van der Waals surface area (Å²) in [6, 6.07) is 3.59. The molecule has 0 fully saturated rings. The predicted molar refractivity (Wildman–Crippen MR) is 64.8 cm³/mol. The predicted octanol–water partition coefficient (Wildman–Crippen LogP) is 2.30. The van der Waals surface area contributed by atoms with Crippen molar-refractivity contribution in [3.05, 3.63) is 40.8 Å². The standard InChI is InChI=1S/C11H8ClF3N4O/c1-16-10(20)7-5-8(11(13,14)15)18-19(7)9-6(12)3-2-4-17-9/h2-5H,1H3,(H,16,20). The second-order valence-corrected chi connectivity index (χ2v) is 4.12. The second-order valence-electron chi connectivity index (χ2n) is 3.71. The van der Waals surface area contributed by atoms with Gasteiger partial charge in [-0.05, 0) is 12.1 Å². The van der Waals surface area contributed by atoms with E-state index in [9.17, 15) is 18.0 Å². The van der Waals surface area contributed by atoms with E-state index in [4.69, 9.17) is 11.6 Å². The van der Waals surface area contributed by atoms with Crippen molar-refractivity contribution in [3.63, 3.8) is 0 Å². The van der Waals surface area contributed by atoms with Crippen LogP contribution in [-0.2, 0) is 6.18 Å². The highest BCUT2D eigenvalue weighted by molar-refractivity contribution is 6.32. The van der Waals surface area contributed by atoms with E-state index in [1.54, 1.807) is 0 Å². The van der Waals surface area contributed by atoms with Gasteiger partial charge in [0.1, 0.15) is 5.69 Å². The number of carbonyl (C=O) groups is 1. The molecular weight excluding hydrogens is 297 g/mol. The minimum atomic E-state index is -4.67. The van der Waals surface area contributed by atoms with Gasteiger partial charge in [0.15, 0.2) is 11.5 Å². The molecule has 2 rings (SSSR count). The van der Waals surface area contributed by atoms with Crippen LogP contribution in [0.15, 0.2) is 24.4 Å². The molecule has 0 unspecified atom stereocenters. The molecule has 0 aliphatic heterocycles. The number of hydrogen-bond acceptors (Lipinski definition) is 3. The Morgan fingerprint density at radius 1 is 1.45 bits per heavy atom. The topological polar surface area (TPSA) is 59.8 Å². The van der Waals surface area contributed by atoms with Gasteiger partial charge in [-0.2, -0.15) is 18.3 Å². The van der Waals surface area contributed by atoms with Crippen molar-refractivity contribution in [2.45, 2.75) is 6.18 Å². The third-order valence-corrected chi connectivity index (χ3v) is 2.69. The molecule has 5 nitrogen and oxygen atoms in total. The Kier molecular flexibility index (Phi) is 3.67. The van der Waals surface area contributed by atoms with Crippen molar-refractivity contribution < 1.29 is 18.0 Å². The second kappa shape index (κ2) is 5.12. The molecule has 0 aromatic carbocycles. The first-order valence-electron chi connectivity index (χ1n) is 5.35. The van der Waals surface area contributed by atoms with Gasteiger partial charge >= 0.3 is 6.18 Å². The van der Waals surface area contributed by atoms with Crippen LogP contribution in [0.5, 0.6) is 0 Å². The monoisotopic (exact) mass is 304 g/mol. The van der Waals surface area contributed by atoms with Gasteiger partial charge in [0, 0.05) is 19.3 Å². The summed E-state index contributed by atoms with van der Waals surface area (Å²) in [6.45, 7) is 0. The quantitative estimate of drug-likeness (QED) is 0.926. The highest BCUT2D eigenvalue weighted by Gasteiger charge is 2.36. The summed E-state index contributed by atoms with van der Waals surface area (Å²) in [7, 11) is 1.30. The Morgan fingerprint density at radius 3 is 2.70 bits per heavy atom. The normalized spacial score (nSPS) is 11.4. The lowest BCUT2D eigenvalue weighted by Crippen LogP contribution is -2.22. The zero-order chi connectivity index (χ0) is 14.9. The molecule has 106 valence electrons. The summed E-state index contributed by atoms with van der Waals surface area (Å²) in [4.78, 5) is 15.5. The minimum Gasteiger partial charge on any atom is -0.354 e. The molecule has 2 aromatic rings. The zero-order valence-electron chi connectivity index (χ0n) is 10.1. The van der Waals surface area contributed by atoms with Crippen LogP contribution in [0, 0.1) is 0 Å². The van der Waals surface area contributed by atoms with Crippen LogP contribution in [-0.4, -0.2) is 27.7 Å². The maximum absolute atomic E-state index is 12.7. The molecule has 0 radical (unpaired) electrons. The first-order chi connectivity index (χ1) is 9.34. The van der Waals surface area contributed by atoms with E-state index in [-0.39, 0.29) is 16.5 Å². The molecule has 20 heavy (non-hydrogen) atoms. The number of carbonyl (C=O) groups excluding carboxylic acids is 1. The van der Waals surface area contributed by atoms with Gasteiger partial charge in [-0.3, -0.25) is 4.79 Å². The summed E-state index contributed by atoms with van der Waals surface area (Å²) in [6.07, 6.45) is -3.33. The van der Waals surface area contributed by atoms with Crippen molar-refractivity contribution in [2.24, 2.45) is 0 Å².